The van der Waals surface area contributed by atoms with Crippen LogP contribution in [-0.4, -0.2) is 134 Å². The van der Waals surface area contributed by atoms with Crippen LogP contribution in [0.2, 0.25) is 0 Å². The largest absolute Gasteiger partial charge is 0.481 e. The molecule has 7 unspecified atom stereocenters. The van der Waals surface area contributed by atoms with E-state index in [0.717, 1.165) is 17.2 Å². The third kappa shape index (κ3) is 14.1. The number of carboxylic acids is 1. The Labute approximate surface area is 310 Å². The average Bonchev–Trinajstić information content (AvgIpc) is 3.62. The fourth-order valence-corrected chi connectivity index (χ4v) is 8.26. The summed E-state index contributed by atoms with van der Waals surface area (Å²) in [6, 6.07) is 0. The minimum absolute atomic E-state index is 0.0285. The van der Waals surface area contributed by atoms with Gasteiger partial charge in [0.2, 0.25) is 11.8 Å². The van der Waals surface area contributed by atoms with Crippen LogP contribution in [0.4, 0.5) is 5.82 Å². The van der Waals surface area contributed by atoms with E-state index in [-0.39, 0.29) is 36.4 Å². The summed E-state index contributed by atoms with van der Waals surface area (Å²) < 4.78 is 61.9. The number of anilines is 1. The van der Waals surface area contributed by atoms with Gasteiger partial charge in [0.05, 0.1) is 19.5 Å². The van der Waals surface area contributed by atoms with Gasteiger partial charge in [0.1, 0.15) is 36.3 Å². The summed E-state index contributed by atoms with van der Waals surface area (Å²) in [6.45, 7) is 0.610. The normalized spacial score (nSPS) is 22.0. The number of aliphatic carboxylic acids is 1. The Morgan fingerprint density at radius 1 is 1.04 bits per heavy atom. The molecule has 1 aliphatic heterocycles. The van der Waals surface area contributed by atoms with Crippen LogP contribution in [0.15, 0.2) is 12.7 Å². The molecule has 0 radical (unpaired) electrons. The Balaban J connectivity index is 1.49. The molecule has 25 nitrogen and oxygen atoms in total. The summed E-state index contributed by atoms with van der Waals surface area (Å²) in [5.74, 6) is -1.15. The zero-order valence-corrected chi connectivity index (χ0v) is 32.1. The van der Waals surface area contributed by atoms with Crippen molar-refractivity contribution >= 4 is 70.0 Å². The number of hydrogen-bond acceptors (Lipinski definition) is 18. The van der Waals surface area contributed by atoms with E-state index in [1.165, 1.54) is 25.6 Å². The molecular formula is C25H42N7O18P3S. The third-order valence-electron chi connectivity index (χ3n) is 7.33. The molecule has 0 aromatic carbocycles. The topological polar surface area (TPSA) is 384 Å². The number of phosphoric ester groups is 3. The molecule has 2 amide bonds. The summed E-state index contributed by atoms with van der Waals surface area (Å²) in [7, 11) is -16.4. The van der Waals surface area contributed by atoms with Crippen molar-refractivity contribution in [3.05, 3.63) is 12.7 Å². The summed E-state index contributed by atoms with van der Waals surface area (Å²) in [5.41, 5.74) is 4.25. The van der Waals surface area contributed by atoms with E-state index >= 15 is 0 Å². The smallest absolute Gasteiger partial charge is 0.481 e. The lowest BCUT2D eigenvalue weighted by Crippen LogP contribution is -2.46. The van der Waals surface area contributed by atoms with Gasteiger partial charge in [-0.3, -0.25) is 32.5 Å². The van der Waals surface area contributed by atoms with Crippen LogP contribution in [0.25, 0.3) is 11.2 Å². The number of hydrogen-bond donors (Lipinski definition) is 10. The predicted octanol–water partition coefficient (Wildman–Crippen LogP) is -0.997. The van der Waals surface area contributed by atoms with E-state index in [0.29, 0.717) is 24.5 Å². The van der Waals surface area contributed by atoms with Crippen molar-refractivity contribution in [3.63, 3.8) is 0 Å². The highest BCUT2D eigenvalue weighted by atomic mass is 32.2. The Kier molecular flexibility index (Phi) is 16.5. The zero-order chi connectivity index (χ0) is 40.5. The van der Waals surface area contributed by atoms with Crippen LogP contribution in [0, 0.1) is 5.41 Å². The van der Waals surface area contributed by atoms with Crippen LogP contribution < -0.4 is 16.4 Å². The number of fused-ring (bicyclic) bond motifs is 1. The molecule has 0 spiro atoms. The zero-order valence-electron chi connectivity index (χ0n) is 28.6. The van der Waals surface area contributed by atoms with Crippen LogP contribution in [0.3, 0.4) is 0 Å². The van der Waals surface area contributed by atoms with E-state index in [1.54, 1.807) is 0 Å². The van der Waals surface area contributed by atoms with Crippen molar-refractivity contribution in [2.75, 3.05) is 43.5 Å². The molecular weight excluding hydrogens is 811 g/mol. The number of carbonyl (C=O) groups excluding carboxylic acids is 2. The number of nitrogens with two attached hydrogens (primary N) is 1. The van der Waals surface area contributed by atoms with Gasteiger partial charge in [-0.05, 0) is 12.2 Å². The van der Waals surface area contributed by atoms with Crippen molar-refractivity contribution in [1.29, 1.82) is 0 Å². The lowest BCUT2D eigenvalue weighted by atomic mass is 9.87. The molecule has 1 aliphatic rings. The lowest BCUT2D eigenvalue weighted by Gasteiger charge is -2.30. The SMILES string of the molecule is CC(C)(COP(=O)(O)OP(=O)(O)OCC1OC(n2cnc3c(N)ncnc32)C(O)C1OP(=O)(O)O)C(O)C(=O)NCCC(=O)NCCSCCCC(=O)O. The van der Waals surface area contributed by atoms with Gasteiger partial charge in [0.25, 0.3) is 0 Å². The van der Waals surface area contributed by atoms with E-state index in [9.17, 15) is 57.9 Å². The Hall–Kier alpha value is -2.64. The predicted molar refractivity (Wildman–Crippen MR) is 184 cm³/mol. The van der Waals surface area contributed by atoms with Gasteiger partial charge in [-0.15, -0.1) is 0 Å². The average molecular weight is 854 g/mol. The van der Waals surface area contributed by atoms with Gasteiger partial charge >= 0.3 is 29.4 Å². The Morgan fingerprint density at radius 2 is 1.72 bits per heavy atom. The van der Waals surface area contributed by atoms with Gasteiger partial charge in [0, 0.05) is 37.1 Å². The number of phosphoric acid groups is 3. The number of carbonyl (C=O) groups is 3. The minimum atomic E-state index is -5.57. The van der Waals surface area contributed by atoms with E-state index in [1.807, 2.05) is 0 Å². The number of carboxylic acid groups (broad SMARTS) is 1. The molecule has 7 atom stereocenters. The molecule has 11 N–H and O–H groups in total. The van der Waals surface area contributed by atoms with Crippen LogP contribution in [0.5, 0.6) is 0 Å². The number of nitrogens with zero attached hydrogens (tertiary/aromatic N) is 4. The van der Waals surface area contributed by atoms with Gasteiger partial charge in [-0.25, -0.2) is 28.6 Å². The lowest BCUT2D eigenvalue weighted by molar-refractivity contribution is -0.137. The Bertz CT molecular complexity index is 1760. The number of aliphatic hydroxyl groups is 2. The first-order chi connectivity index (χ1) is 25.0. The van der Waals surface area contributed by atoms with Crippen molar-refractivity contribution in [3.8, 4) is 0 Å². The van der Waals surface area contributed by atoms with Crippen molar-refractivity contribution in [2.45, 2.75) is 63.8 Å². The Morgan fingerprint density at radius 3 is 2.39 bits per heavy atom. The molecule has 3 rings (SSSR count). The highest BCUT2D eigenvalue weighted by Gasteiger charge is 2.50. The number of amides is 2. The molecule has 2 aromatic heterocycles. The molecule has 1 fully saturated rings. The quantitative estimate of drug-likeness (QED) is 0.0473. The first-order valence-electron chi connectivity index (χ1n) is 15.7. The summed E-state index contributed by atoms with van der Waals surface area (Å²) >= 11 is 1.46. The number of imidazole rings is 1. The van der Waals surface area contributed by atoms with E-state index in [2.05, 4.69) is 34.4 Å². The molecule has 2 aromatic rings. The first-order valence-corrected chi connectivity index (χ1v) is 21.4. The monoisotopic (exact) mass is 853 g/mol. The maximum absolute atomic E-state index is 12.6. The number of nitrogens with one attached hydrogen (secondary N) is 2. The van der Waals surface area contributed by atoms with Crippen molar-refractivity contribution in [2.24, 2.45) is 5.41 Å². The van der Waals surface area contributed by atoms with Crippen LogP contribution in [0.1, 0.15) is 39.3 Å². The van der Waals surface area contributed by atoms with Gasteiger partial charge in [-0.2, -0.15) is 16.1 Å². The van der Waals surface area contributed by atoms with Gasteiger partial charge in [-0.1, -0.05) is 13.8 Å². The van der Waals surface area contributed by atoms with Crippen LogP contribution >= 0.6 is 35.2 Å². The molecule has 306 valence electrons. The highest BCUT2D eigenvalue weighted by Crippen LogP contribution is 2.61. The second-order valence-corrected chi connectivity index (χ2v) is 17.6. The summed E-state index contributed by atoms with van der Waals surface area (Å²) in [6.07, 6.45) is -6.34. The molecule has 1 saturated heterocycles. The van der Waals surface area contributed by atoms with Crippen molar-refractivity contribution in [1.82, 2.24) is 30.2 Å². The molecule has 0 aliphatic carbocycles. The number of rotatable bonds is 23. The summed E-state index contributed by atoms with van der Waals surface area (Å²) in [5, 5.41) is 34.9. The standard InChI is InChI=1S/C25H42N7O18P3S/c1-25(2,20(37)23(38)28-6-5-15(33)27-7-9-54-8-3-4-16(34)35)11-47-53(44,45)50-52(42,43)46-10-14-19(49-51(39,40)41)18(36)24(48-14)32-13-31-17-21(26)29-12-30-22(17)32/h12-14,18-20,24,36-37H,3-11H2,1-2H3,(H,27,33)(H,28,38)(H,34,35)(H,42,43)(H,44,45)(H2,26,29,30)(H2,39,40,41). The van der Waals surface area contributed by atoms with Crippen LogP contribution in [-0.2, 0) is 50.7 Å². The van der Waals surface area contributed by atoms with E-state index < -0.39 is 90.5 Å². The number of aromatic nitrogens is 4. The molecule has 54 heavy (non-hydrogen) atoms. The second kappa shape index (κ2) is 19.5. The number of ether oxygens (including phenoxy) is 1. The van der Waals surface area contributed by atoms with E-state index in [4.69, 9.17) is 24.6 Å². The number of nitrogen functional groups attached to an aromatic ring is 1. The second-order valence-electron chi connectivity index (χ2n) is 12.2. The van der Waals surface area contributed by atoms with Crippen molar-refractivity contribution < 1.29 is 85.6 Å². The third-order valence-corrected chi connectivity index (χ3v) is 11.5. The maximum atomic E-state index is 12.6. The molecule has 0 saturated carbocycles. The first kappa shape index (κ1) is 45.7. The highest BCUT2D eigenvalue weighted by molar-refractivity contribution is 7.99. The number of aliphatic hydroxyl groups excluding tert-OH is 2. The van der Waals surface area contributed by atoms with Gasteiger partial charge in [0.15, 0.2) is 17.7 Å². The molecule has 3 heterocycles. The maximum Gasteiger partial charge on any atom is 0.481 e. The fourth-order valence-electron chi connectivity index (χ4n) is 4.63. The fraction of sp³-hybridized carbons (Fsp3) is 0.680. The number of thioether (sulfide) groups is 1. The molecule has 0 bridgehead atoms. The summed E-state index contributed by atoms with van der Waals surface area (Å²) in [4.78, 5) is 85.8. The minimum Gasteiger partial charge on any atom is -0.481 e. The van der Waals surface area contributed by atoms with Gasteiger partial charge < -0.3 is 56.0 Å². The molecule has 29 heteroatoms.